The molecule has 0 fully saturated rings. The molecular formula is C35H34N6O4. The summed E-state index contributed by atoms with van der Waals surface area (Å²) in [6, 6.07) is 30.4. The van der Waals surface area contributed by atoms with Crippen LogP contribution in [0.5, 0.6) is 5.75 Å². The van der Waals surface area contributed by atoms with Crippen molar-refractivity contribution in [3.05, 3.63) is 126 Å². The van der Waals surface area contributed by atoms with Gasteiger partial charge in [-0.3, -0.25) is 14.4 Å². The summed E-state index contributed by atoms with van der Waals surface area (Å²) in [5.41, 5.74) is 5.23. The van der Waals surface area contributed by atoms with Gasteiger partial charge in [0.05, 0.1) is 13.3 Å². The highest BCUT2D eigenvalue weighted by Gasteiger charge is 2.26. The number of hydrogen-bond donors (Lipinski definition) is 2. The summed E-state index contributed by atoms with van der Waals surface area (Å²) in [4.78, 5) is 40.8. The molecule has 5 aromatic rings. The number of rotatable bonds is 11. The number of anilines is 2. The van der Waals surface area contributed by atoms with E-state index >= 15 is 0 Å². The first-order valence-corrected chi connectivity index (χ1v) is 14.4. The second kappa shape index (κ2) is 14.1. The Labute approximate surface area is 261 Å². The van der Waals surface area contributed by atoms with Gasteiger partial charge in [0.2, 0.25) is 11.8 Å². The van der Waals surface area contributed by atoms with Crippen molar-refractivity contribution in [2.75, 3.05) is 24.4 Å². The minimum atomic E-state index is -0.808. The van der Waals surface area contributed by atoms with Crippen LogP contribution in [0, 0.1) is 6.92 Å². The van der Waals surface area contributed by atoms with Crippen molar-refractivity contribution in [2.24, 2.45) is 0 Å². The van der Waals surface area contributed by atoms with Crippen molar-refractivity contribution >= 4 is 29.1 Å². The number of amides is 3. The van der Waals surface area contributed by atoms with Gasteiger partial charge in [0.15, 0.2) is 0 Å². The van der Waals surface area contributed by atoms with E-state index in [9.17, 15) is 14.4 Å². The molecule has 0 saturated carbocycles. The normalized spacial score (nSPS) is 11.4. The molecule has 1 heterocycles. The van der Waals surface area contributed by atoms with Gasteiger partial charge in [0, 0.05) is 36.0 Å². The SMILES string of the molecule is COc1ccc(N(C)C(=O)C(Cc2ccccc2)NC(=O)Cn2cc(-c3ccc(NC(=O)c4ccc(C)cc4)cc3)nn2)cc1. The van der Waals surface area contributed by atoms with Crippen molar-refractivity contribution in [1.82, 2.24) is 20.3 Å². The van der Waals surface area contributed by atoms with E-state index in [4.69, 9.17) is 4.74 Å². The highest BCUT2D eigenvalue weighted by molar-refractivity contribution is 6.04. The zero-order valence-electron chi connectivity index (χ0n) is 25.3. The Morgan fingerprint density at radius 3 is 2.24 bits per heavy atom. The molecule has 0 saturated heterocycles. The van der Waals surface area contributed by atoms with Crippen molar-refractivity contribution in [1.29, 1.82) is 0 Å². The fraction of sp³-hybridized carbons (Fsp3) is 0.171. The highest BCUT2D eigenvalue weighted by atomic mass is 16.5. The number of likely N-dealkylation sites (N-methyl/N-ethyl adjacent to an activating group) is 1. The van der Waals surface area contributed by atoms with Crippen LogP contribution in [0.4, 0.5) is 11.4 Å². The quantitative estimate of drug-likeness (QED) is 0.222. The topological polar surface area (TPSA) is 118 Å². The molecule has 5 rings (SSSR count). The van der Waals surface area contributed by atoms with Crippen LogP contribution in [0.25, 0.3) is 11.3 Å². The molecule has 4 aromatic carbocycles. The van der Waals surface area contributed by atoms with Crippen molar-refractivity contribution in [2.45, 2.75) is 25.9 Å². The van der Waals surface area contributed by atoms with Gasteiger partial charge in [0.25, 0.3) is 5.91 Å². The van der Waals surface area contributed by atoms with E-state index in [0.717, 1.165) is 16.7 Å². The standard InChI is InChI=1S/C35H34N6O4/c1-24-9-11-27(12-10-24)34(43)36-28-15-13-26(14-16-28)32-22-41(39-38-32)23-33(42)37-31(21-25-7-5-4-6-8-25)35(44)40(2)29-17-19-30(45-3)20-18-29/h4-20,22,31H,21,23H2,1-3H3,(H,36,43)(H,37,42). The summed E-state index contributed by atoms with van der Waals surface area (Å²) in [6.45, 7) is 1.85. The van der Waals surface area contributed by atoms with Crippen LogP contribution in [0.1, 0.15) is 21.5 Å². The zero-order chi connectivity index (χ0) is 31.8. The number of aromatic nitrogens is 3. The summed E-state index contributed by atoms with van der Waals surface area (Å²) in [7, 11) is 3.26. The third-order valence-electron chi connectivity index (χ3n) is 7.30. The molecular weight excluding hydrogens is 568 g/mol. The number of carbonyl (C=O) groups excluding carboxylic acids is 3. The van der Waals surface area contributed by atoms with Crippen molar-refractivity contribution in [3.63, 3.8) is 0 Å². The number of nitrogens with one attached hydrogen (secondary N) is 2. The second-order valence-electron chi connectivity index (χ2n) is 10.6. The smallest absolute Gasteiger partial charge is 0.255 e. The second-order valence-corrected chi connectivity index (χ2v) is 10.6. The van der Waals surface area contributed by atoms with Crippen LogP contribution in [-0.2, 0) is 22.6 Å². The predicted octanol–water partition coefficient (Wildman–Crippen LogP) is 4.90. The molecule has 1 unspecified atom stereocenters. The third kappa shape index (κ3) is 7.99. The molecule has 10 nitrogen and oxygen atoms in total. The monoisotopic (exact) mass is 602 g/mol. The average Bonchev–Trinajstić information content (AvgIpc) is 3.53. The number of benzene rings is 4. The van der Waals surface area contributed by atoms with E-state index in [1.807, 2.05) is 61.5 Å². The van der Waals surface area contributed by atoms with Gasteiger partial charge in [0.1, 0.15) is 24.0 Å². The van der Waals surface area contributed by atoms with Gasteiger partial charge in [-0.15, -0.1) is 5.10 Å². The number of ether oxygens (including phenoxy) is 1. The first kappa shape index (κ1) is 30.7. The Hall–Kier alpha value is -5.77. The molecule has 1 aromatic heterocycles. The molecule has 0 bridgehead atoms. The number of methoxy groups -OCH3 is 1. The summed E-state index contributed by atoms with van der Waals surface area (Å²) in [5.74, 6) is -0.148. The Kier molecular flexibility index (Phi) is 9.64. The molecule has 0 aliphatic heterocycles. The first-order valence-electron chi connectivity index (χ1n) is 14.4. The van der Waals surface area contributed by atoms with E-state index < -0.39 is 6.04 Å². The lowest BCUT2D eigenvalue weighted by atomic mass is 10.0. The van der Waals surface area contributed by atoms with Gasteiger partial charge in [-0.2, -0.15) is 0 Å². The minimum absolute atomic E-state index is 0.123. The highest BCUT2D eigenvalue weighted by Crippen LogP contribution is 2.21. The van der Waals surface area contributed by atoms with Gasteiger partial charge < -0.3 is 20.3 Å². The maximum absolute atomic E-state index is 13.6. The number of nitrogens with zero attached hydrogens (tertiary/aromatic N) is 4. The lowest BCUT2D eigenvalue weighted by molar-refractivity contribution is -0.127. The molecule has 0 spiro atoms. The van der Waals surface area contributed by atoms with Crippen LogP contribution < -0.4 is 20.3 Å². The lowest BCUT2D eigenvalue weighted by Crippen LogP contribution is -2.49. The predicted molar refractivity (Wildman–Crippen MR) is 173 cm³/mol. The van der Waals surface area contributed by atoms with Crippen LogP contribution in [0.3, 0.4) is 0 Å². The molecule has 2 N–H and O–H groups in total. The number of carbonyl (C=O) groups is 3. The number of aryl methyl sites for hydroxylation is 1. The van der Waals surface area contributed by atoms with E-state index in [-0.39, 0.29) is 24.3 Å². The molecule has 0 aliphatic rings. The van der Waals surface area contributed by atoms with E-state index in [2.05, 4.69) is 20.9 Å². The minimum Gasteiger partial charge on any atom is -0.497 e. The number of hydrogen-bond acceptors (Lipinski definition) is 6. The van der Waals surface area contributed by atoms with Crippen molar-refractivity contribution < 1.29 is 19.1 Å². The largest absolute Gasteiger partial charge is 0.497 e. The lowest BCUT2D eigenvalue weighted by Gasteiger charge is -2.25. The van der Waals surface area contributed by atoms with Crippen LogP contribution in [0.15, 0.2) is 109 Å². The van der Waals surface area contributed by atoms with Gasteiger partial charge in [-0.25, -0.2) is 4.68 Å². The summed E-state index contributed by atoms with van der Waals surface area (Å²) in [5, 5.41) is 14.1. The molecule has 45 heavy (non-hydrogen) atoms. The molecule has 1 atom stereocenters. The van der Waals surface area contributed by atoms with E-state index in [1.165, 1.54) is 9.58 Å². The Balaban J connectivity index is 1.23. The van der Waals surface area contributed by atoms with Crippen LogP contribution >= 0.6 is 0 Å². The van der Waals surface area contributed by atoms with Gasteiger partial charge in [-0.1, -0.05) is 65.4 Å². The van der Waals surface area contributed by atoms with Gasteiger partial charge in [-0.05, 0) is 61.0 Å². The molecule has 228 valence electrons. The Morgan fingerprint density at radius 1 is 0.889 bits per heavy atom. The Morgan fingerprint density at radius 2 is 1.58 bits per heavy atom. The van der Waals surface area contributed by atoms with Crippen LogP contribution in [0.2, 0.25) is 0 Å². The third-order valence-corrected chi connectivity index (χ3v) is 7.30. The maximum atomic E-state index is 13.6. The van der Waals surface area contributed by atoms with E-state index in [1.54, 1.807) is 68.9 Å². The molecule has 0 radical (unpaired) electrons. The van der Waals surface area contributed by atoms with E-state index in [0.29, 0.717) is 34.8 Å². The fourth-order valence-electron chi connectivity index (χ4n) is 4.74. The fourth-order valence-corrected chi connectivity index (χ4v) is 4.74. The molecule has 3 amide bonds. The zero-order valence-corrected chi connectivity index (χ0v) is 25.3. The molecule has 10 heteroatoms. The maximum Gasteiger partial charge on any atom is 0.255 e. The summed E-state index contributed by atoms with van der Waals surface area (Å²) >= 11 is 0. The average molecular weight is 603 g/mol. The first-order chi connectivity index (χ1) is 21.8. The molecule has 0 aliphatic carbocycles. The summed E-state index contributed by atoms with van der Waals surface area (Å²) in [6.07, 6.45) is 1.98. The van der Waals surface area contributed by atoms with Crippen LogP contribution in [-0.4, -0.2) is 52.9 Å². The summed E-state index contributed by atoms with van der Waals surface area (Å²) < 4.78 is 6.65. The van der Waals surface area contributed by atoms with Crippen molar-refractivity contribution in [3.8, 4) is 17.0 Å². The van der Waals surface area contributed by atoms with Gasteiger partial charge >= 0.3 is 0 Å². The Bertz CT molecular complexity index is 1750.